The Morgan fingerprint density at radius 2 is 2.30 bits per heavy atom. The van der Waals surface area contributed by atoms with Gasteiger partial charge in [0.05, 0.1) is 32.0 Å². The second-order valence-electron chi connectivity index (χ2n) is 4.77. The third-order valence-corrected chi connectivity index (χ3v) is 4.98. The maximum atomic E-state index is 12.4. The third kappa shape index (κ3) is 2.44. The van der Waals surface area contributed by atoms with Gasteiger partial charge in [0.1, 0.15) is 0 Å². The number of rotatable bonds is 3. The largest absolute Gasteiger partial charge is 0.331 e. The van der Waals surface area contributed by atoms with Gasteiger partial charge >= 0.3 is 0 Å². The number of aromatic nitrogens is 2. The van der Waals surface area contributed by atoms with Crippen LogP contribution in [0.1, 0.15) is 12.8 Å². The number of aromatic amines is 1. The molecular formula is C12H14N4O3S. The lowest BCUT2D eigenvalue weighted by Crippen LogP contribution is -2.36. The van der Waals surface area contributed by atoms with E-state index in [1.54, 1.807) is 6.07 Å². The first-order valence-corrected chi connectivity index (χ1v) is 7.62. The van der Waals surface area contributed by atoms with Gasteiger partial charge < -0.3 is 10.3 Å². The molecule has 2 N–H and O–H groups in total. The molecule has 1 aromatic carbocycles. The Morgan fingerprint density at radius 3 is 3.00 bits per heavy atom. The van der Waals surface area contributed by atoms with E-state index in [1.807, 2.05) is 0 Å². The van der Waals surface area contributed by atoms with Crippen molar-refractivity contribution in [2.75, 3.05) is 13.1 Å². The molecular weight excluding hydrogens is 280 g/mol. The number of non-ortho nitro benzene ring substituents is 1. The second kappa shape index (κ2) is 5.29. The third-order valence-electron chi connectivity index (χ3n) is 3.40. The van der Waals surface area contributed by atoms with Gasteiger partial charge in [-0.2, -0.15) is 0 Å². The highest BCUT2D eigenvalue weighted by Crippen LogP contribution is 2.22. The van der Waals surface area contributed by atoms with Crippen molar-refractivity contribution < 1.29 is 9.13 Å². The molecule has 1 saturated heterocycles. The smallest absolute Gasteiger partial charge is 0.271 e. The van der Waals surface area contributed by atoms with Gasteiger partial charge in [-0.15, -0.1) is 0 Å². The summed E-state index contributed by atoms with van der Waals surface area (Å²) in [5, 5.41) is 14.4. The molecule has 0 radical (unpaired) electrons. The van der Waals surface area contributed by atoms with E-state index in [0.29, 0.717) is 22.7 Å². The number of nitrogens with zero attached hydrogens (tertiary/aromatic N) is 2. The number of H-pyrrole nitrogens is 1. The van der Waals surface area contributed by atoms with Crippen LogP contribution >= 0.6 is 0 Å². The average molecular weight is 294 g/mol. The van der Waals surface area contributed by atoms with E-state index in [1.165, 1.54) is 12.1 Å². The number of piperidine rings is 1. The van der Waals surface area contributed by atoms with E-state index in [2.05, 4.69) is 15.3 Å². The van der Waals surface area contributed by atoms with Gasteiger partial charge in [-0.05, 0) is 25.5 Å². The zero-order chi connectivity index (χ0) is 14.1. The predicted octanol–water partition coefficient (Wildman–Crippen LogP) is 1.33. The Hall–Kier alpha value is -1.80. The molecule has 20 heavy (non-hydrogen) atoms. The monoisotopic (exact) mass is 294 g/mol. The molecule has 1 aromatic heterocycles. The van der Waals surface area contributed by atoms with E-state index in [-0.39, 0.29) is 10.9 Å². The standard InChI is InChI=1S/C12H14N4O3S/c17-16(18)8-3-4-10-11(6-8)15-12(14-10)20(19)9-2-1-5-13-7-9/h3-4,6,9,13H,1-2,5,7H2,(H,14,15). The minimum atomic E-state index is -1.22. The van der Waals surface area contributed by atoms with Crippen LogP contribution in [0, 0.1) is 10.1 Å². The van der Waals surface area contributed by atoms with Gasteiger partial charge in [0, 0.05) is 18.7 Å². The van der Waals surface area contributed by atoms with Crippen molar-refractivity contribution in [2.45, 2.75) is 23.2 Å². The Bertz CT molecular complexity index is 678. The van der Waals surface area contributed by atoms with E-state index >= 15 is 0 Å². The number of hydrogen-bond acceptors (Lipinski definition) is 5. The van der Waals surface area contributed by atoms with Crippen molar-refractivity contribution in [3.05, 3.63) is 28.3 Å². The Labute approximate surface area is 117 Å². The first-order valence-electron chi connectivity index (χ1n) is 6.40. The first kappa shape index (κ1) is 13.2. The summed E-state index contributed by atoms with van der Waals surface area (Å²) in [6, 6.07) is 4.39. The van der Waals surface area contributed by atoms with Crippen molar-refractivity contribution in [3.63, 3.8) is 0 Å². The Balaban J connectivity index is 1.92. The SMILES string of the molecule is O=[N+]([O-])c1ccc2nc(S(=O)C3CCCNC3)[nH]c2c1. The van der Waals surface area contributed by atoms with Crippen LogP contribution < -0.4 is 5.32 Å². The van der Waals surface area contributed by atoms with Gasteiger partial charge in [0.2, 0.25) is 0 Å². The zero-order valence-corrected chi connectivity index (χ0v) is 11.5. The van der Waals surface area contributed by atoms with Gasteiger partial charge in [0.25, 0.3) is 5.69 Å². The normalized spacial score (nSPS) is 20.9. The van der Waals surface area contributed by atoms with Crippen LogP contribution in [0.3, 0.4) is 0 Å². The number of nitro groups is 1. The van der Waals surface area contributed by atoms with Crippen LogP contribution in [0.2, 0.25) is 0 Å². The highest BCUT2D eigenvalue weighted by molar-refractivity contribution is 7.85. The Kier molecular flexibility index (Phi) is 3.49. The van der Waals surface area contributed by atoms with E-state index in [4.69, 9.17) is 0 Å². The molecule has 8 heteroatoms. The molecule has 1 aliphatic heterocycles. The number of fused-ring (bicyclic) bond motifs is 1. The summed E-state index contributed by atoms with van der Waals surface area (Å²) in [5.74, 6) is 0. The topological polar surface area (TPSA) is 101 Å². The maximum Gasteiger partial charge on any atom is 0.271 e. The van der Waals surface area contributed by atoms with E-state index in [9.17, 15) is 14.3 Å². The molecule has 1 aliphatic rings. The summed E-state index contributed by atoms with van der Waals surface area (Å²) in [5.41, 5.74) is 1.15. The van der Waals surface area contributed by atoms with Crippen molar-refractivity contribution in [1.82, 2.24) is 15.3 Å². The summed E-state index contributed by atoms with van der Waals surface area (Å²) in [6.45, 7) is 1.67. The lowest BCUT2D eigenvalue weighted by Gasteiger charge is -2.20. The molecule has 0 amide bonds. The van der Waals surface area contributed by atoms with Crippen LogP contribution in [0.4, 0.5) is 5.69 Å². The number of nitro benzene ring substituents is 1. The minimum absolute atomic E-state index is 0.00202. The van der Waals surface area contributed by atoms with Gasteiger partial charge in [-0.3, -0.25) is 14.3 Å². The van der Waals surface area contributed by atoms with Crippen molar-refractivity contribution in [1.29, 1.82) is 0 Å². The molecule has 2 heterocycles. The fourth-order valence-corrected chi connectivity index (χ4v) is 3.71. The van der Waals surface area contributed by atoms with Gasteiger partial charge in [-0.1, -0.05) is 0 Å². The highest BCUT2D eigenvalue weighted by Gasteiger charge is 2.23. The number of nitrogens with one attached hydrogen (secondary N) is 2. The first-order chi connectivity index (χ1) is 9.65. The maximum absolute atomic E-state index is 12.4. The van der Waals surface area contributed by atoms with Crippen molar-refractivity contribution in [3.8, 4) is 0 Å². The molecule has 2 unspecified atom stereocenters. The lowest BCUT2D eigenvalue weighted by atomic mass is 10.2. The summed E-state index contributed by atoms with van der Waals surface area (Å²) in [4.78, 5) is 17.5. The average Bonchev–Trinajstić information content (AvgIpc) is 2.90. The molecule has 0 spiro atoms. The highest BCUT2D eigenvalue weighted by atomic mass is 32.2. The van der Waals surface area contributed by atoms with Gasteiger partial charge in [-0.25, -0.2) is 4.98 Å². The van der Waals surface area contributed by atoms with Crippen molar-refractivity contribution >= 4 is 27.5 Å². The van der Waals surface area contributed by atoms with Crippen molar-refractivity contribution in [2.24, 2.45) is 0 Å². The molecule has 106 valence electrons. The van der Waals surface area contributed by atoms with E-state index < -0.39 is 15.7 Å². The fraction of sp³-hybridized carbons (Fsp3) is 0.417. The lowest BCUT2D eigenvalue weighted by molar-refractivity contribution is -0.384. The summed E-state index contributed by atoms with van der Waals surface area (Å²) in [6.07, 6.45) is 1.90. The molecule has 2 atom stereocenters. The van der Waals surface area contributed by atoms with Crippen LogP contribution in [0.25, 0.3) is 11.0 Å². The second-order valence-corrected chi connectivity index (χ2v) is 6.41. The zero-order valence-electron chi connectivity index (χ0n) is 10.7. The number of benzene rings is 1. The molecule has 3 rings (SSSR count). The van der Waals surface area contributed by atoms with Crippen LogP contribution in [-0.2, 0) is 10.8 Å². The molecule has 2 aromatic rings. The van der Waals surface area contributed by atoms with E-state index in [0.717, 1.165) is 19.4 Å². The summed E-state index contributed by atoms with van der Waals surface area (Å²) < 4.78 is 12.4. The van der Waals surface area contributed by atoms with Crippen LogP contribution in [0.15, 0.2) is 23.4 Å². The minimum Gasteiger partial charge on any atom is -0.331 e. The molecule has 0 saturated carbocycles. The van der Waals surface area contributed by atoms with Crippen LogP contribution in [-0.4, -0.2) is 37.4 Å². The molecule has 1 fully saturated rings. The quantitative estimate of drug-likeness (QED) is 0.657. The summed E-state index contributed by atoms with van der Waals surface area (Å²) in [7, 11) is -1.22. The fourth-order valence-electron chi connectivity index (χ4n) is 2.34. The molecule has 7 nitrogen and oxygen atoms in total. The molecule has 0 aliphatic carbocycles. The number of hydrogen-bond donors (Lipinski definition) is 2. The predicted molar refractivity (Wildman–Crippen MR) is 75.0 cm³/mol. The summed E-state index contributed by atoms with van der Waals surface area (Å²) >= 11 is 0. The van der Waals surface area contributed by atoms with Crippen LogP contribution in [0.5, 0.6) is 0 Å². The molecule has 0 bridgehead atoms. The Morgan fingerprint density at radius 1 is 1.45 bits per heavy atom. The number of imidazole rings is 1. The van der Waals surface area contributed by atoms with Gasteiger partial charge in [0.15, 0.2) is 5.16 Å².